The van der Waals surface area contributed by atoms with Gasteiger partial charge in [-0.3, -0.25) is 0 Å². The third-order valence-electron chi connectivity index (χ3n) is 2.16. The highest BCUT2D eigenvalue weighted by Gasteiger charge is 2.11. The van der Waals surface area contributed by atoms with Gasteiger partial charge >= 0.3 is 0 Å². The van der Waals surface area contributed by atoms with Gasteiger partial charge in [0.05, 0.1) is 11.4 Å². The fourth-order valence-electron chi connectivity index (χ4n) is 1.68. The number of rotatable bonds is 1. The van der Waals surface area contributed by atoms with E-state index in [2.05, 4.69) is 23.9 Å². The molecule has 2 heterocycles. The van der Waals surface area contributed by atoms with E-state index in [1.807, 2.05) is 37.4 Å². The minimum atomic E-state index is 0.463. The molecule has 0 spiro atoms. The largest absolute Gasteiger partial charge is 0.232 e. The standard InChI is InChI=1S/C10H13N3.C2H6/c1-7(2)10-8(3)12-9-5-4-6-11-13(9)10;1-2/h4-7H,1-3H3;1-2H3. The Morgan fingerprint density at radius 1 is 1.27 bits per heavy atom. The number of fused-ring (bicyclic) bond motifs is 1. The number of imidazole rings is 1. The molecule has 3 nitrogen and oxygen atoms in total. The lowest BCUT2D eigenvalue weighted by molar-refractivity contribution is 0.751. The molecule has 0 radical (unpaired) electrons. The lowest BCUT2D eigenvalue weighted by atomic mass is 10.1. The number of hydrogen-bond donors (Lipinski definition) is 0. The van der Waals surface area contributed by atoms with Gasteiger partial charge in [0.15, 0.2) is 5.65 Å². The highest BCUT2D eigenvalue weighted by atomic mass is 15.3. The first-order valence-electron chi connectivity index (χ1n) is 5.50. The molecule has 0 bridgehead atoms. The summed E-state index contributed by atoms with van der Waals surface area (Å²) >= 11 is 0. The smallest absolute Gasteiger partial charge is 0.154 e. The van der Waals surface area contributed by atoms with E-state index in [0.717, 1.165) is 11.3 Å². The van der Waals surface area contributed by atoms with E-state index in [0.29, 0.717) is 5.92 Å². The third kappa shape index (κ3) is 2.17. The lowest BCUT2D eigenvalue weighted by Gasteiger charge is -2.03. The Labute approximate surface area is 91.2 Å². The van der Waals surface area contributed by atoms with Crippen LogP contribution in [-0.4, -0.2) is 14.6 Å². The zero-order chi connectivity index (χ0) is 11.4. The molecule has 0 aliphatic carbocycles. The van der Waals surface area contributed by atoms with Crippen LogP contribution in [0.1, 0.15) is 45.0 Å². The van der Waals surface area contributed by atoms with E-state index in [1.54, 1.807) is 6.20 Å². The summed E-state index contributed by atoms with van der Waals surface area (Å²) in [5, 5.41) is 4.28. The zero-order valence-electron chi connectivity index (χ0n) is 10.2. The van der Waals surface area contributed by atoms with Crippen molar-refractivity contribution in [2.75, 3.05) is 0 Å². The Morgan fingerprint density at radius 2 is 1.93 bits per heavy atom. The average molecular weight is 205 g/mol. The minimum absolute atomic E-state index is 0.463. The van der Waals surface area contributed by atoms with Crippen molar-refractivity contribution in [3.63, 3.8) is 0 Å². The summed E-state index contributed by atoms with van der Waals surface area (Å²) in [6.45, 7) is 10.3. The number of hydrogen-bond acceptors (Lipinski definition) is 2. The van der Waals surface area contributed by atoms with E-state index in [9.17, 15) is 0 Å². The van der Waals surface area contributed by atoms with Crippen LogP contribution in [0.4, 0.5) is 0 Å². The summed E-state index contributed by atoms with van der Waals surface area (Å²) in [4.78, 5) is 4.43. The highest BCUT2D eigenvalue weighted by molar-refractivity contribution is 5.41. The molecule has 0 saturated carbocycles. The van der Waals surface area contributed by atoms with Crippen LogP contribution in [0.3, 0.4) is 0 Å². The van der Waals surface area contributed by atoms with Crippen LogP contribution in [-0.2, 0) is 0 Å². The monoisotopic (exact) mass is 205 g/mol. The van der Waals surface area contributed by atoms with E-state index in [4.69, 9.17) is 0 Å². The quantitative estimate of drug-likeness (QED) is 0.715. The van der Waals surface area contributed by atoms with Crippen molar-refractivity contribution in [1.29, 1.82) is 0 Å². The number of nitrogens with zero attached hydrogens (tertiary/aromatic N) is 3. The minimum Gasteiger partial charge on any atom is -0.232 e. The molecule has 0 aliphatic rings. The van der Waals surface area contributed by atoms with Crippen molar-refractivity contribution >= 4 is 5.65 Å². The van der Waals surface area contributed by atoms with E-state index >= 15 is 0 Å². The molecule has 0 N–H and O–H groups in total. The molecule has 0 atom stereocenters. The summed E-state index contributed by atoms with van der Waals surface area (Å²) in [7, 11) is 0. The SMILES string of the molecule is CC.Cc1nc2cccnn2c1C(C)C. The van der Waals surface area contributed by atoms with E-state index < -0.39 is 0 Å². The Balaban J connectivity index is 0.000000531. The van der Waals surface area contributed by atoms with Crippen LogP contribution in [0.15, 0.2) is 18.3 Å². The number of aryl methyl sites for hydroxylation is 1. The normalized spacial score (nSPS) is 10.3. The molecule has 2 aromatic rings. The van der Waals surface area contributed by atoms with Crippen LogP contribution >= 0.6 is 0 Å². The maximum absolute atomic E-state index is 4.43. The first-order chi connectivity index (χ1) is 7.20. The Hall–Kier alpha value is -1.38. The molecule has 0 saturated heterocycles. The Bertz CT molecular complexity index is 429. The topological polar surface area (TPSA) is 30.2 Å². The summed E-state index contributed by atoms with van der Waals surface area (Å²) in [5.41, 5.74) is 3.22. The molecule has 0 amide bonds. The lowest BCUT2D eigenvalue weighted by Crippen LogP contribution is -1.99. The first-order valence-corrected chi connectivity index (χ1v) is 5.50. The molecule has 2 rings (SSSR count). The average Bonchev–Trinajstić information content (AvgIpc) is 2.56. The van der Waals surface area contributed by atoms with Gasteiger partial charge in [-0.05, 0) is 25.0 Å². The van der Waals surface area contributed by atoms with Crippen LogP contribution in [0.5, 0.6) is 0 Å². The summed E-state index contributed by atoms with van der Waals surface area (Å²) in [6, 6.07) is 3.89. The van der Waals surface area contributed by atoms with Gasteiger partial charge in [-0.15, -0.1) is 0 Å². The third-order valence-corrected chi connectivity index (χ3v) is 2.16. The van der Waals surface area contributed by atoms with Crippen molar-refractivity contribution in [1.82, 2.24) is 14.6 Å². The van der Waals surface area contributed by atoms with Crippen molar-refractivity contribution in [2.24, 2.45) is 0 Å². The molecule has 0 aliphatic heterocycles. The van der Waals surface area contributed by atoms with Gasteiger partial charge in [0.2, 0.25) is 0 Å². The first kappa shape index (κ1) is 11.7. The van der Waals surface area contributed by atoms with Gasteiger partial charge in [-0.2, -0.15) is 5.10 Å². The maximum atomic E-state index is 4.43. The van der Waals surface area contributed by atoms with Gasteiger partial charge < -0.3 is 0 Å². The van der Waals surface area contributed by atoms with Gasteiger partial charge in [0, 0.05) is 6.20 Å². The van der Waals surface area contributed by atoms with Crippen LogP contribution in [0, 0.1) is 6.92 Å². The van der Waals surface area contributed by atoms with E-state index in [-0.39, 0.29) is 0 Å². The summed E-state index contributed by atoms with van der Waals surface area (Å²) in [6.07, 6.45) is 1.79. The van der Waals surface area contributed by atoms with Crippen molar-refractivity contribution in [2.45, 2.75) is 40.5 Å². The van der Waals surface area contributed by atoms with Gasteiger partial charge in [-0.1, -0.05) is 27.7 Å². The van der Waals surface area contributed by atoms with Gasteiger partial charge in [0.1, 0.15) is 0 Å². The molecule has 3 heteroatoms. The van der Waals surface area contributed by atoms with Gasteiger partial charge in [0.25, 0.3) is 0 Å². The second kappa shape index (κ2) is 4.91. The van der Waals surface area contributed by atoms with Gasteiger partial charge in [-0.25, -0.2) is 9.50 Å². The molecule has 82 valence electrons. The fraction of sp³-hybridized carbons (Fsp3) is 0.500. The number of aromatic nitrogens is 3. The second-order valence-corrected chi connectivity index (χ2v) is 3.53. The zero-order valence-corrected chi connectivity index (χ0v) is 10.2. The summed E-state index contributed by atoms with van der Waals surface area (Å²) in [5.74, 6) is 0.463. The molecule has 0 fully saturated rings. The summed E-state index contributed by atoms with van der Waals surface area (Å²) < 4.78 is 1.92. The second-order valence-electron chi connectivity index (χ2n) is 3.53. The van der Waals surface area contributed by atoms with Crippen molar-refractivity contribution in [3.8, 4) is 0 Å². The molecular weight excluding hydrogens is 186 g/mol. The van der Waals surface area contributed by atoms with E-state index in [1.165, 1.54) is 5.69 Å². The molecular formula is C12H19N3. The molecule has 0 unspecified atom stereocenters. The van der Waals surface area contributed by atoms with Crippen LogP contribution in [0.25, 0.3) is 5.65 Å². The maximum Gasteiger partial charge on any atom is 0.154 e. The van der Waals surface area contributed by atoms with Crippen molar-refractivity contribution < 1.29 is 0 Å². The predicted molar refractivity (Wildman–Crippen MR) is 63.2 cm³/mol. The molecule has 2 aromatic heterocycles. The Morgan fingerprint density at radius 3 is 2.53 bits per heavy atom. The fourth-order valence-corrected chi connectivity index (χ4v) is 1.68. The Kier molecular flexibility index (Phi) is 3.83. The van der Waals surface area contributed by atoms with Crippen molar-refractivity contribution in [3.05, 3.63) is 29.7 Å². The molecule has 0 aromatic carbocycles. The van der Waals surface area contributed by atoms with Crippen LogP contribution in [0.2, 0.25) is 0 Å². The molecule has 15 heavy (non-hydrogen) atoms. The predicted octanol–water partition coefficient (Wildman–Crippen LogP) is 3.19. The van der Waals surface area contributed by atoms with Crippen LogP contribution < -0.4 is 0 Å². The highest BCUT2D eigenvalue weighted by Crippen LogP contribution is 2.18.